The molecule has 1 N–H and O–H groups in total. The highest BCUT2D eigenvalue weighted by molar-refractivity contribution is 5.89. The van der Waals surface area contributed by atoms with Crippen LogP contribution in [0.25, 0.3) is 0 Å². The van der Waals surface area contributed by atoms with Crippen molar-refractivity contribution in [3.05, 3.63) is 29.8 Å². The van der Waals surface area contributed by atoms with E-state index in [1.54, 1.807) is 18.2 Å². The van der Waals surface area contributed by atoms with Gasteiger partial charge in [0.2, 0.25) is 0 Å². The lowest BCUT2D eigenvalue weighted by Crippen LogP contribution is -2.61. The maximum Gasteiger partial charge on any atom is 0.337 e. The number of benzene rings is 1. The summed E-state index contributed by atoms with van der Waals surface area (Å²) in [4.78, 5) is 11.3. The minimum absolute atomic E-state index is 0.158. The Morgan fingerprint density at radius 1 is 1.44 bits per heavy atom. The van der Waals surface area contributed by atoms with Crippen LogP contribution in [-0.2, 0) is 4.74 Å². The average Bonchev–Trinajstić information content (AvgIpc) is 2.26. The first-order valence-corrected chi connectivity index (χ1v) is 5.21. The van der Waals surface area contributed by atoms with E-state index in [1.165, 1.54) is 7.11 Å². The number of carbonyl (C=O) groups excluding carboxylic acids is 1. The molecule has 1 fully saturated rings. The fourth-order valence-corrected chi connectivity index (χ4v) is 1.64. The minimum Gasteiger partial charge on any atom is -0.485 e. The molecule has 0 bridgehead atoms. The Morgan fingerprint density at radius 2 is 2.19 bits per heavy atom. The fourth-order valence-electron chi connectivity index (χ4n) is 1.64. The van der Waals surface area contributed by atoms with Gasteiger partial charge in [-0.15, -0.1) is 0 Å². The summed E-state index contributed by atoms with van der Waals surface area (Å²) in [5.41, 5.74) is 0.352. The van der Waals surface area contributed by atoms with Gasteiger partial charge in [-0.05, 0) is 25.1 Å². The number of hydrogen-bond acceptors (Lipinski definition) is 4. The molecule has 0 spiro atoms. The molecular weight excluding hydrogens is 206 g/mol. The molecule has 16 heavy (non-hydrogen) atoms. The molecule has 1 aliphatic heterocycles. The van der Waals surface area contributed by atoms with Crippen LogP contribution >= 0.6 is 0 Å². The molecule has 1 aromatic rings. The van der Waals surface area contributed by atoms with Crippen LogP contribution in [0.5, 0.6) is 5.75 Å². The predicted octanol–water partition coefficient (Wildman–Crippen LogP) is 1.21. The fraction of sp³-hybridized carbons (Fsp3) is 0.417. The first-order chi connectivity index (χ1) is 7.63. The van der Waals surface area contributed by atoms with Crippen molar-refractivity contribution < 1.29 is 14.3 Å². The van der Waals surface area contributed by atoms with Crippen LogP contribution in [0.15, 0.2) is 24.3 Å². The largest absolute Gasteiger partial charge is 0.485 e. The number of hydrogen-bond donors (Lipinski definition) is 1. The van der Waals surface area contributed by atoms with Gasteiger partial charge in [-0.1, -0.05) is 6.07 Å². The Hall–Kier alpha value is -1.55. The molecule has 4 heteroatoms. The van der Waals surface area contributed by atoms with Crippen molar-refractivity contribution in [2.45, 2.75) is 12.5 Å². The molecule has 0 aromatic heterocycles. The summed E-state index contributed by atoms with van der Waals surface area (Å²) in [6.45, 7) is 3.69. The highest BCUT2D eigenvalue weighted by atomic mass is 16.5. The number of esters is 1. The van der Waals surface area contributed by atoms with Crippen LogP contribution in [0.4, 0.5) is 0 Å². The summed E-state index contributed by atoms with van der Waals surface area (Å²) in [7, 11) is 1.37. The van der Waals surface area contributed by atoms with Crippen LogP contribution in [-0.4, -0.2) is 31.8 Å². The van der Waals surface area contributed by atoms with E-state index in [2.05, 4.69) is 10.1 Å². The third-order valence-corrected chi connectivity index (χ3v) is 2.62. The van der Waals surface area contributed by atoms with Gasteiger partial charge in [0.05, 0.1) is 12.7 Å². The van der Waals surface area contributed by atoms with Crippen molar-refractivity contribution in [1.82, 2.24) is 5.32 Å². The van der Waals surface area contributed by atoms with Crippen LogP contribution in [0, 0.1) is 0 Å². The Balaban J connectivity index is 2.12. The molecule has 86 valence electrons. The predicted molar refractivity (Wildman–Crippen MR) is 59.7 cm³/mol. The number of carbonyl (C=O) groups is 1. The van der Waals surface area contributed by atoms with Gasteiger partial charge in [0.15, 0.2) is 0 Å². The summed E-state index contributed by atoms with van der Waals surface area (Å²) in [5, 5.41) is 3.15. The van der Waals surface area contributed by atoms with Gasteiger partial charge in [0.25, 0.3) is 0 Å². The van der Waals surface area contributed by atoms with Gasteiger partial charge in [-0.2, -0.15) is 0 Å². The van der Waals surface area contributed by atoms with Crippen molar-refractivity contribution in [2.75, 3.05) is 20.2 Å². The van der Waals surface area contributed by atoms with E-state index in [0.717, 1.165) is 13.1 Å². The molecule has 1 heterocycles. The molecule has 0 radical (unpaired) electrons. The van der Waals surface area contributed by atoms with E-state index in [4.69, 9.17) is 4.74 Å². The Labute approximate surface area is 94.6 Å². The van der Waals surface area contributed by atoms with Crippen LogP contribution in [0.3, 0.4) is 0 Å². The lowest BCUT2D eigenvalue weighted by Gasteiger charge is -2.39. The smallest absolute Gasteiger partial charge is 0.337 e. The van der Waals surface area contributed by atoms with E-state index < -0.39 is 0 Å². The van der Waals surface area contributed by atoms with Crippen LogP contribution in [0.2, 0.25) is 0 Å². The zero-order chi connectivity index (χ0) is 11.6. The second kappa shape index (κ2) is 4.14. The summed E-state index contributed by atoms with van der Waals surface area (Å²) in [6, 6.07) is 7.04. The van der Waals surface area contributed by atoms with Crippen molar-refractivity contribution in [2.24, 2.45) is 0 Å². The molecule has 0 aliphatic carbocycles. The molecule has 2 rings (SSSR count). The van der Waals surface area contributed by atoms with E-state index in [-0.39, 0.29) is 11.6 Å². The SMILES string of the molecule is COC(=O)c1cccc(OC2(C)CNC2)c1. The van der Waals surface area contributed by atoms with Crippen molar-refractivity contribution in [3.8, 4) is 5.75 Å². The van der Waals surface area contributed by atoms with E-state index in [1.807, 2.05) is 13.0 Å². The lowest BCUT2D eigenvalue weighted by molar-refractivity contribution is 0.0345. The Kier molecular flexibility index (Phi) is 2.83. The van der Waals surface area contributed by atoms with E-state index >= 15 is 0 Å². The molecule has 1 saturated heterocycles. The summed E-state index contributed by atoms with van der Waals surface area (Å²) in [5.74, 6) is 0.356. The van der Waals surface area contributed by atoms with Crippen molar-refractivity contribution in [3.63, 3.8) is 0 Å². The maximum absolute atomic E-state index is 11.3. The Bertz CT molecular complexity index is 399. The maximum atomic E-state index is 11.3. The normalized spacial score (nSPS) is 17.4. The first-order valence-electron chi connectivity index (χ1n) is 5.21. The second-order valence-corrected chi connectivity index (χ2v) is 4.17. The third kappa shape index (κ3) is 2.17. The van der Waals surface area contributed by atoms with Crippen LogP contribution in [0.1, 0.15) is 17.3 Å². The molecule has 0 saturated carbocycles. The van der Waals surface area contributed by atoms with Crippen LogP contribution < -0.4 is 10.1 Å². The lowest BCUT2D eigenvalue weighted by atomic mass is 10.00. The van der Waals surface area contributed by atoms with Gasteiger partial charge < -0.3 is 14.8 Å². The summed E-state index contributed by atoms with van der Waals surface area (Å²) in [6.07, 6.45) is 0. The number of ether oxygens (including phenoxy) is 2. The van der Waals surface area contributed by atoms with Gasteiger partial charge in [-0.25, -0.2) is 4.79 Å². The minimum atomic E-state index is -0.345. The van der Waals surface area contributed by atoms with E-state index in [9.17, 15) is 4.79 Å². The van der Waals surface area contributed by atoms with Crippen molar-refractivity contribution in [1.29, 1.82) is 0 Å². The zero-order valence-corrected chi connectivity index (χ0v) is 9.45. The molecule has 4 nitrogen and oxygen atoms in total. The highest BCUT2D eigenvalue weighted by Crippen LogP contribution is 2.22. The molecule has 1 aliphatic rings. The quantitative estimate of drug-likeness (QED) is 0.779. The van der Waals surface area contributed by atoms with Gasteiger partial charge >= 0.3 is 5.97 Å². The monoisotopic (exact) mass is 221 g/mol. The Morgan fingerprint density at radius 3 is 2.75 bits per heavy atom. The molecule has 1 aromatic carbocycles. The molecule has 0 amide bonds. The van der Waals surface area contributed by atoms with Crippen molar-refractivity contribution >= 4 is 5.97 Å². The topological polar surface area (TPSA) is 47.6 Å². The number of nitrogens with one attached hydrogen (secondary N) is 1. The van der Waals surface area contributed by atoms with E-state index in [0.29, 0.717) is 11.3 Å². The van der Waals surface area contributed by atoms with Gasteiger partial charge in [0, 0.05) is 13.1 Å². The first kappa shape index (κ1) is 11.0. The summed E-state index contributed by atoms with van der Waals surface area (Å²) < 4.78 is 10.5. The second-order valence-electron chi connectivity index (χ2n) is 4.17. The zero-order valence-electron chi connectivity index (χ0n) is 9.45. The molecule has 0 atom stereocenters. The van der Waals surface area contributed by atoms with Gasteiger partial charge in [-0.3, -0.25) is 0 Å². The number of rotatable bonds is 3. The third-order valence-electron chi connectivity index (χ3n) is 2.62. The molecular formula is C12H15NO3. The highest BCUT2D eigenvalue weighted by Gasteiger charge is 2.33. The molecule has 0 unspecified atom stereocenters. The average molecular weight is 221 g/mol. The number of methoxy groups -OCH3 is 1. The van der Waals surface area contributed by atoms with Gasteiger partial charge in [0.1, 0.15) is 11.4 Å². The summed E-state index contributed by atoms with van der Waals surface area (Å²) >= 11 is 0. The standard InChI is InChI=1S/C12H15NO3/c1-12(7-13-8-12)16-10-5-3-4-9(6-10)11(14)15-2/h3-6,13H,7-8H2,1-2H3.